The summed E-state index contributed by atoms with van der Waals surface area (Å²) in [6, 6.07) is 4.39. The number of esters is 1. The maximum Gasteiger partial charge on any atom is 0.340 e. The summed E-state index contributed by atoms with van der Waals surface area (Å²) in [4.78, 5) is 14.8. The van der Waals surface area contributed by atoms with Crippen LogP contribution in [0.1, 0.15) is 41.0 Å². The van der Waals surface area contributed by atoms with Crippen molar-refractivity contribution < 1.29 is 14.3 Å². The summed E-state index contributed by atoms with van der Waals surface area (Å²) in [6.07, 6.45) is 0. The van der Waals surface area contributed by atoms with Crippen LogP contribution in [0.25, 0.3) is 10.9 Å². The maximum atomic E-state index is 12.4. The molecule has 0 bridgehead atoms. The van der Waals surface area contributed by atoms with Gasteiger partial charge in [-0.3, -0.25) is 4.90 Å². The van der Waals surface area contributed by atoms with Gasteiger partial charge in [-0.05, 0) is 44.0 Å². The van der Waals surface area contributed by atoms with E-state index in [1.54, 1.807) is 0 Å². The lowest BCUT2D eigenvalue weighted by Gasteiger charge is -2.13. The van der Waals surface area contributed by atoms with Crippen molar-refractivity contribution in [1.82, 2.24) is 9.47 Å². The molecule has 2 aromatic rings. The van der Waals surface area contributed by atoms with Gasteiger partial charge in [-0.2, -0.15) is 0 Å². The summed E-state index contributed by atoms with van der Waals surface area (Å²) in [5.41, 5.74) is 5.40. The number of carbonyl (C=O) groups excluding carboxylic acids is 1. The first-order valence-electron chi connectivity index (χ1n) is 8.64. The molecule has 0 amide bonds. The zero-order chi connectivity index (χ0) is 17.3. The highest BCUT2D eigenvalue weighted by Crippen LogP contribution is 2.32. The molecule has 5 nitrogen and oxygen atoms in total. The Hall–Kier alpha value is -1.85. The van der Waals surface area contributed by atoms with E-state index in [0.29, 0.717) is 12.2 Å². The molecule has 0 aliphatic carbocycles. The first kappa shape index (κ1) is 17.0. The molecule has 0 unspecified atom stereocenters. The predicted octanol–water partition coefficient (Wildman–Crippen LogP) is 3.02. The Morgan fingerprint density at radius 2 is 1.88 bits per heavy atom. The van der Waals surface area contributed by atoms with Crippen LogP contribution in [0.15, 0.2) is 12.1 Å². The predicted molar refractivity (Wildman–Crippen MR) is 94.2 cm³/mol. The zero-order valence-corrected chi connectivity index (χ0v) is 15.0. The fourth-order valence-corrected chi connectivity index (χ4v) is 3.49. The number of aromatic nitrogens is 1. The monoisotopic (exact) mass is 330 g/mol. The molecule has 5 heteroatoms. The highest BCUT2D eigenvalue weighted by Gasteiger charge is 2.24. The van der Waals surface area contributed by atoms with E-state index < -0.39 is 0 Å². The van der Waals surface area contributed by atoms with Crippen LogP contribution in [0.2, 0.25) is 0 Å². The Kier molecular flexibility index (Phi) is 4.92. The molecule has 0 N–H and O–H groups in total. The summed E-state index contributed by atoms with van der Waals surface area (Å²) in [5, 5.41) is 0.999. The van der Waals surface area contributed by atoms with Crippen molar-refractivity contribution in [3.05, 3.63) is 34.5 Å². The van der Waals surface area contributed by atoms with Gasteiger partial charge >= 0.3 is 5.97 Å². The van der Waals surface area contributed by atoms with Crippen molar-refractivity contribution in [2.24, 2.45) is 7.05 Å². The number of aryl methyl sites for hydroxylation is 1. The van der Waals surface area contributed by atoms with Crippen molar-refractivity contribution in [3.63, 3.8) is 0 Å². The second-order valence-electron chi connectivity index (χ2n) is 6.29. The van der Waals surface area contributed by atoms with Crippen molar-refractivity contribution in [2.75, 3.05) is 26.4 Å². The number of hydrogen-bond acceptors (Lipinski definition) is 4. The molecule has 24 heavy (non-hydrogen) atoms. The average molecular weight is 330 g/mol. The van der Waals surface area contributed by atoms with E-state index in [9.17, 15) is 4.79 Å². The van der Waals surface area contributed by atoms with Crippen LogP contribution in [0.5, 0.6) is 0 Å². The molecule has 0 fully saturated rings. The minimum absolute atomic E-state index is 0.230. The maximum absolute atomic E-state index is 12.4. The number of nitrogens with zero attached hydrogens (tertiary/aromatic N) is 2. The SMILES string of the molecule is CCOCCN1Cc2cc3c(C(=O)OCC)c(C)n(C)c3cc2C1. The molecule has 0 radical (unpaired) electrons. The van der Waals surface area contributed by atoms with Gasteiger partial charge in [0.05, 0.1) is 18.8 Å². The Balaban J connectivity index is 1.94. The lowest BCUT2D eigenvalue weighted by atomic mass is 10.0. The average Bonchev–Trinajstić information content (AvgIpc) is 3.05. The molecule has 130 valence electrons. The highest BCUT2D eigenvalue weighted by atomic mass is 16.5. The molecule has 0 atom stereocenters. The van der Waals surface area contributed by atoms with E-state index in [-0.39, 0.29) is 5.97 Å². The van der Waals surface area contributed by atoms with Crippen molar-refractivity contribution in [1.29, 1.82) is 0 Å². The lowest BCUT2D eigenvalue weighted by Crippen LogP contribution is -2.21. The largest absolute Gasteiger partial charge is 0.462 e. The second kappa shape index (κ2) is 6.95. The van der Waals surface area contributed by atoms with Crippen LogP contribution in [0, 0.1) is 6.92 Å². The summed E-state index contributed by atoms with van der Waals surface area (Å²) < 4.78 is 12.8. The van der Waals surface area contributed by atoms with E-state index in [4.69, 9.17) is 9.47 Å². The highest BCUT2D eigenvalue weighted by molar-refractivity contribution is 6.06. The number of fused-ring (bicyclic) bond motifs is 2. The normalized spacial score (nSPS) is 14.3. The Morgan fingerprint density at radius 1 is 1.17 bits per heavy atom. The smallest absolute Gasteiger partial charge is 0.340 e. The van der Waals surface area contributed by atoms with Crippen molar-refractivity contribution >= 4 is 16.9 Å². The number of rotatable bonds is 6. The van der Waals surface area contributed by atoms with E-state index in [1.165, 1.54) is 11.1 Å². The van der Waals surface area contributed by atoms with Gasteiger partial charge in [0.25, 0.3) is 0 Å². The number of hydrogen-bond donors (Lipinski definition) is 0. The molecule has 0 saturated heterocycles. The summed E-state index contributed by atoms with van der Waals surface area (Å²) in [7, 11) is 2.01. The Bertz CT molecular complexity index is 764. The van der Waals surface area contributed by atoms with E-state index in [0.717, 1.165) is 49.4 Å². The summed E-state index contributed by atoms with van der Waals surface area (Å²) >= 11 is 0. The third-order valence-electron chi connectivity index (χ3n) is 4.84. The molecular weight excluding hydrogens is 304 g/mol. The van der Waals surface area contributed by atoms with E-state index in [2.05, 4.69) is 21.6 Å². The van der Waals surface area contributed by atoms with Gasteiger partial charge in [0, 0.05) is 49.9 Å². The van der Waals surface area contributed by atoms with E-state index in [1.807, 2.05) is 27.8 Å². The zero-order valence-electron chi connectivity index (χ0n) is 15.0. The van der Waals surface area contributed by atoms with Gasteiger partial charge in [-0.25, -0.2) is 4.79 Å². The molecule has 1 aromatic carbocycles. The third kappa shape index (κ3) is 2.94. The van der Waals surface area contributed by atoms with Gasteiger partial charge in [0.2, 0.25) is 0 Å². The van der Waals surface area contributed by atoms with Crippen LogP contribution >= 0.6 is 0 Å². The molecule has 2 heterocycles. The van der Waals surface area contributed by atoms with Gasteiger partial charge < -0.3 is 14.0 Å². The van der Waals surface area contributed by atoms with Gasteiger partial charge in [-0.1, -0.05) is 0 Å². The fraction of sp³-hybridized carbons (Fsp3) is 0.526. The standard InChI is InChI=1S/C19H26N2O3/c1-5-23-8-7-21-11-14-9-16-17(10-15(14)12-21)20(4)13(3)18(16)19(22)24-6-2/h9-10H,5-8,11-12H2,1-4H3. The topological polar surface area (TPSA) is 43.7 Å². The number of benzene rings is 1. The van der Waals surface area contributed by atoms with Crippen LogP contribution in [0.4, 0.5) is 0 Å². The van der Waals surface area contributed by atoms with Crippen LogP contribution in [-0.2, 0) is 29.6 Å². The summed E-state index contributed by atoms with van der Waals surface area (Å²) in [5.74, 6) is -0.230. The Morgan fingerprint density at radius 3 is 2.54 bits per heavy atom. The van der Waals surface area contributed by atoms with Gasteiger partial charge in [-0.15, -0.1) is 0 Å². The second-order valence-corrected chi connectivity index (χ2v) is 6.29. The van der Waals surface area contributed by atoms with Gasteiger partial charge in [0.1, 0.15) is 0 Å². The number of ether oxygens (including phenoxy) is 2. The van der Waals surface area contributed by atoms with Crippen LogP contribution < -0.4 is 0 Å². The first-order chi connectivity index (χ1) is 11.6. The molecule has 1 aliphatic rings. The molecule has 0 spiro atoms. The quantitative estimate of drug-likeness (QED) is 0.603. The molecule has 1 aliphatic heterocycles. The van der Waals surface area contributed by atoms with Crippen molar-refractivity contribution in [3.8, 4) is 0 Å². The fourth-order valence-electron chi connectivity index (χ4n) is 3.49. The van der Waals surface area contributed by atoms with Crippen LogP contribution in [-0.4, -0.2) is 41.8 Å². The third-order valence-corrected chi connectivity index (χ3v) is 4.84. The minimum Gasteiger partial charge on any atom is -0.462 e. The van der Waals surface area contributed by atoms with Crippen molar-refractivity contribution in [2.45, 2.75) is 33.9 Å². The lowest BCUT2D eigenvalue weighted by molar-refractivity contribution is 0.0527. The first-order valence-corrected chi connectivity index (χ1v) is 8.64. The Labute approximate surface area is 143 Å². The number of carbonyl (C=O) groups is 1. The molecule has 3 rings (SSSR count). The molecule has 1 aromatic heterocycles. The summed E-state index contributed by atoms with van der Waals surface area (Å²) in [6.45, 7) is 10.5. The molecular formula is C19H26N2O3. The van der Waals surface area contributed by atoms with Crippen LogP contribution in [0.3, 0.4) is 0 Å². The molecule has 0 saturated carbocycles. The minimum atomic E-state index is -0.230. The van der Waals surface area contributed by atoms with E-state index >= 15 is 0 Å². The van der Waals surface area contributed by atoms with Gasteiger partial charge in [0.15, 0.2) is 0 Å².